The third-order valence-electron chi connectivity index (χ3n) is 5.17. The van der Waals surface area contributed by atoms with Gasteiger partial charge in [-0.1, -0.05) is 13.8 Å². The summed E-state index contributed by atoms with van der Waals surface area (Å²) >= 11 is 0. The molecule has 0 unspecified atom stereocenters. The van der Waals surface area contributed by atoms with E-state index in [1.165, 1.54) is 17.1 Å². The molecule has 0 bridgehead atoms. The molecule has 0 radical (unpaired) electrons. The Morgan fingerprint density at radius 1 is 1.18 bits per heavy atom. The number of carbonyl (C=O) groups excluding carboxylic acids is 1. The number of amides is 1. The molecule has 146 valence electrons. The molecule has 1 aliphatic rings. The van der Waals surface area contributed by atoms with Crippen LogP contribution in [0, 0.1) is 5.41 Å². The zero-order chi connectivity index (χ0) is 19.7. The molecule has 0 spiro atoms. The molecule has 3 aromatic rings. The number of piperidine rings is 1. The van der Waals surface area contributed by atoms with Gasteiger partial charge in [0.15, 0.2) is 5.65 Å². The summed E-state index contributed by atoms with van der Waals surface area (Å²) in [5, 5.41) is 6.83. The van der Waals surface area contributed by atoms with E-state index >= 15 is 0 Å². The van der Waals surface area contributed by atoms with Crippen LogP contribution < -0.4 is 15.8 Å². The van der Waals surface area contributed by atoms with E-state index in [9.17, 15) is 9.59 Å². The van der Waals surface area contributed by atoms with Crippen LogP contribution in [0.5, 0.6) is 0 Å². The number of hydrogen-bond donors (Lipinski definition) is 1. The van der Waals surface area contributed by atoms with Gasteiger partial charge in [-0.15, -0.1) is 0 Å². The van der Waals surface area contributed by atoms with Gasteiger partial charge in [-0.3, -0.25) is 9.59 Å². The predicted octanol–water partition coefficient (Wildman–Crippen LogP) is 1.55. The van der Waals surface area contributed by atoms with Crippen molar-refractivity contribution in [2.45, 2.75) is 33.2 Å². The van der Waals surface area contributed by atoms with E-state index in [0.717, 1.165) is 31.7 Å². The first-order chi connectivity index (χ1) is 13.4. The topological polar surface area (TPSA) is 97.4 Å². The maximum Gasteiger partial charge on any atom is 0.269 e. The summed E-state index contributed by atoms with van der Waals surface area (Å²) in [4.78, 5) is 35.1. The second kappa shape index (κ2) is 7.06. The number of carbonyl (C=O) groups is 1. The number of hydrogen-bond acceptors (Lipinski definition) is 6. The summed E-state index contributed by atoms with van der Waals surface area (Å²) in [6.45, 7) is 6.23. The van der Waals surface area contributed by atoms with Crippen molar-refractivity contribution in [2.24, 2.45) is 5.41 Å². The van der Waals surface area contributed by atoms with Gasteiger partial charge >= 0.3 is 0 Å². The van der Waals surface area contributed by atoms with Gasteiger partial charge < -0.3 is 14.8 Å². The summed E-state index contributed by atoms with van der Waals surface area (Å²) in [6, 6.07) is 3.51. The summed E-state index contributed by atoms with van der Waals surface area (Å²) < 4.78 is 2.97. The maximum atomic E-state index is 12.4. The first-order valence-corrected chi connectivity index (χ1v) is 9.30. The molecule has 1 fully saturated rings. The Labute approximate surface area is 162 Å². The number of nitrogens with zero attached hydrogens (tertiary/aromatic N) is 6. The summed E-state index contributed by atoms with van der Waals surface area (Å²) in [6.07, 6.45) is 8.21. The molecule has 0 atom stereocenters. The zero-order valence-corrected chi connectivity index (χ0v) is 16.0. The lowest BCUT2D eigenvalue weighted by atomic mass is 9.83. The minimum absolute atomic E-state index is 0.0803. The van der Waals surface area contributed by atoms with E-state index in [0.29, 0.717) is 16.7 Å². The predicted molar refractivity (Wildman–Crippen MR) is 105 cm³/mol. The van der Waals surface area contributed by atoms with E-state index in [2.05, 4.69) is 39.1 Å². The molecule has 1 aliphatic heterocycles. The first-order valence-electron chi connectivity index (χ1n) is 9.30. The van der Waals surface area contributed by atoms with Crippen LogP contribution in [-0.2, 0) is 11.3 Å². The Hall–Kier alpha value is -3.23. The largest absolute Gasteiger partial charge is 0.355 e. The van der Waals surface area contributed by atoms with Gasteiger partial charge in [-0.2, -0.15) is 5.10 Å². The van der Waals surface area contributed by atoms with E-state index < -0.39 is 0 Å². The van der Waals surface area contributed by atoms with Crippen molar-refractivity contribution in [3.63, 3.8) is 0 Å². The minimum atomic E-state index is -0.303. The highest BCUT2D eigenvalue weighted by Gasteiger charge is 2.26. The van der Waals surface area contributed by atoms with Crippen molar-refractivity contribution in [3.8, 4) is 0 Å². The van der Waals surface area contributed by atoms with E-state index in [1.54, 1.807) is 29.0 Å². The van der Waals surface area contributed by atoms with Gasteiger partial charge in [-0.25, -0.2) is 14.5 Å². The van der Waals surface area contributed by atoms with Gasteiger partial charge in [0.2, 0.25) is 5.91 Å². The monoisotopic (exact) mass is 381 g/mol. The molecule has 0 aliphatic carbocycles. The van der Waals surface area contributed by atoms with Crippen LogP contribution in [0.2, 0.25) is 0 Å². The van der Waals surface area contributed by atoms with Crippen molar-refractivity contribution in [1.82, 2.24) is 24.1 Å². The summed E-state index contributed by atoms with van der Waals surface area (Å²) in [5.41, 5.74) is 1.31. The fraction of sp³-hybridized carbons (Fsp3) is 0.421. The SMILES string of the molecule is CC1(C)CCN(c2cn(CC(=O)Nc3ccc4ncnn4c3)c(=O)cn2)CC1. The van der Waals surface area contributed by atoms with Crippen LogP contribution in [0.1, 0.15) is 26.7 Å². The van der Waals surface area contributed by atoms with Crippen molar-refractivity contribution >= 4 is 23.1 Å². The second-order valence-corrected chi connectivity index (χ2v) is 7.89. The number of nitrogens with one attached hydrogen (secondary N) is 1. The lowest BCUT2D eigenvalue weighted by Crippen LogP contribution is -2.38. The molecule has 0 saturated carbocycles. The molecule has 1 N–H and O–H groups in total. The number of pyridine rings is 1. The van der Waals surface area contributed by atoms with Crippen LogP contribution in [0.25, 0.3) is 5.65 Å². The van der Waals surface area contributed by atoms with Crippen LogP contribution in [0.3, 0.4) is 0 Å². The lowest BCUT2D eigenvalue weighted by Gasteiger charge is -2.37. The highest BCUT2D eigenvalue weighted by atomic mass is 16.2. The Bertz CT molecular complexity index is 1060. The molecule has 1 amide bonds. The van der Waals surface area contributed by atoms with E-state index in [-0.39, 0.29) is 18.0 Å². The third kappa shape index (κ3) is 3.88. The Morgan fingerprint density at radius 3 is 2.75 bits per heavy atom. The average Bonchev–Trinajstić information content (AvgIpc) is 3.11. The summed E-state index contributed by atoms with van der Waals surface area (Å²) in [5.74, 6) is 0.436. The Kier molecular flexibility index (Phi) is 4.58. The molecule has 9 nitrogen and oxygen atoms in total. The van der Waals surface area contributed by atoms with Crippen molar-refractivity contribution in [3.05, 3.63) is 47.4 Å². The molecular weight excluding hydrogens is 358 g/mol. The van der Waals surface area contributed by atoms with Crippen LogP contribution in [0.15, 0.2) is 41.8 Å². The molecule has 3 aromatic heterocycles. The molecule has 0 aromatic carbocycles. The van der Waals surface area contributed by atoms with Crippen molar-refractivity contribution < 1.29 is 4.79 Å². The zero-order valence-electron chi connectivity index (χ0n) is 16.0. The highest BCUT2D eigenvalue weighted by molar-refractivity contribution is 5.90. The molecule has 28 heavy (non-hydrogen) atoms. The quantitative estimate of drug-likeness (QED) is 0.736. The van der Waals surface area contributed by atoms with Gasteiger partial charge in [0.05, 0.1) is 24.3 Å². The molecule has 4 rings (SSSR count). The molecule has 9 heteroatoms. The van der Waals surface area contributed by atoms with Gasteiger partial charge in [-0.05, 0) is 30.4 Å². The normalized spacial score (nSPS) is 16.3. The van der Waals surface area contributed by atoms with Crippen LogP contribution >= 0.6 is 0 Å². The number of anilines is 2. The highest BCUT2D eigenvalue weighted by Crippen LogP contribution is 2.31. The first kappa shape index (κ1) is 18.1. The smallest absolute Gasteiger partial charge is 0.269 e. The number of aromatic nitrogens is 5. The number of rotatable bonds is 4. The third-order valence-corrected chi connectivity index (χ3v) is 5.17. The number of fused-ring (bicyclic) bond motifs is 1. The van der Waals surface area contributed by atoms with Crippen LogP contribution in [-0.4, -0.2) is 43.1 Å². The molecule has 1 saturated heterocycles. The standard InChI is InChI=1S/C19H23N7O2/c1-19(2)5-7-24(8-6-19)16-11-25(18(28)9-20-16)12-17(27)23-14-3-4-15-21-13-22-26(15)10-14/h3-4,9-11,13H,5-8,12H2,1-2H3,(H,23,27). The fourth-order valence-corrected chi connectivity index (χ4v) is 3.31. The molecular formula is C19H23N7O2. The van der Waals surface area contributed by atoms with E-state index in [4.69, 9.17) is 0 Å². The van der Waals surface area contributed by atoms with Gasteiger partial charge in [0.25, 0.3) is 5.56 Å². The Morgan fingerprint density at radius 2 is 1.96 bits per heavy atom. The summed E-state index contributed by atoms with van der Waals surface area (Å²) in [7, 11) is 0. The van der Waals surface area contributed by atoms with Crippen molar-refractivity contribution in [1.29, 1.82) is 0 Å². The fourth-order valence-electron chi connectivity index (χ4n) is 3.31. The maximum absolute atomic E-state index is 12.4. The Balaban J connectivity index is 1.46. The van der Waals surface area contributed by atoms with Crippen LogP contribution in [0.4, 0.5) is 11.5 Å². The van der Waals surface area contributed by atoms with Gasteiger partial charge in [0.1, 0.15) is 18.7 Å². The van der Waals surface area contributed by atoms with E-state index in [1.807, 2.05) is 0 Å². The average molecular weight is 381 g/mol. The minimum Gasteiger partial charge on any atom is -0.355 e. The van der Waals surface area contributed by atoms with Crippen molar-refractivity contribution in [2.75, 3.05) is 23.3 Å². The molecule has 4 heterocycles. The van der Waals surface area contributed by atoms with Gasteiger partial charge in [0, 0.05) is 13.1 Å². The second-order valence-electron chi connectivity index (χ2n) is 7.89. The lowest BCUT2D eigenvalue weighted by molar-refractivity contribution is -0.116.